The molecule has 0 bridgehead atoms. The number of carboxylic acids is 2. The first-order valence-electron chi connectivity index (χ1n) is 11.1. The van der Waals surface area contributed by atoms with Gasteiger partial charge in [-0.1, -0.05) is 89.3 Å². The Balaban J connectivity index is 0.000000641. The van der Waals surface area contributed by atoms with Gasteiger partial charge in [-0.15, -0.1) is 0 Å². The molecule has 0 aliphatic carbocycles. The van der Waals surface area contributed by atoms with Crippen molar-refractivity contribution in [2.75, 3.05) is 26.8 Å². The number of carbonyl (C=O) groups is 3. The largest absolute Gasteiger partial charge is 0.473 e. The number of aliphatic carboxylic acids is 2. The Hall–Kier alpha value is -2.76. The van der Waals surface area contributed by atoms with E-state index in [1.807, 2.05) is 18.2 Å². The van der Waals surface area contributed by atoms with E-state index in [0.29, 0.717) is 16.6 Å². The van der Waals surface area contributed by atoms with Gasteiger partial charge in [0.15, 0.2) is 0 Å². The number of hydrogen-bond acceptors (Lipinski definition) is 6. The van der Waals surface area contributed by atoms with Crippen LogP contribution in [0.3, 0.4) is 0 Å². The summed E-state index contributed by atoms with van der Waals surface area (Å²) in [5.41, 5.74) is 2.35. The molecule has 188 valence electrons. The quantitative estimate of drug-likeness (QED) is 0.117. The zero-order chi connectivity index (χ0) is 25.6. The fourth-order valence-electron chi connectivity index (χ4n) is 3.63. The highest BCUT2D eigenvalue weighted by molar-refractivity contribution is 14.1. The number of alkyl halides is 1. The maximum atomic E-state index is 11.3. The molecule has 2 unspecified atom stereocenters. The number of carbonyl (C=O) groups excluding carboxylic acids is 1. The van der Waals surface area contributed by atoms with Crippen molar-refractivity contribution in [1.82, 2.24) is 4.90 Å². The minimum atomic E-state index is -1.82. The number of benzene rings is 2. The third-order valence-electron chi connectivity index (χ3n) is 5.44. The van der Waals surface area contributed by atoms with Crippen LogP contribution in [-0.4, -0.2) is 63.9 Å². The molecule has 3 rings (SSSR count). The standard InChI is InChI=1S/C24H28INO3.C2H2O4/c1-28-23(27)13-12-19-14-15-26(22(25)18-19)16-17-29-24(20-8-4-2-5-9-20)21-10-6-3-7-11-21;3-1(4)2(5)6/h2-13,19,22,24H,14-18H2,1H3;(H,3,4)(H,5,6). The molecule has 0 aromatic heterocycles. The van der Waals surface area contributed by atoms with Gasteiger partial charge in [0.2, 0.25) is 0 Å². The molecule has 2 aromatic carbocycles. The summed E-state index contributed by atoms with van der Waals surface area (Å²) in [6.45, 7) is 2.59. The second-order valence-corrected chi connectivity index (χ2v) is 9.26. The second-order valence-electron chi connectivity index (χ2n) is 7.82. The minimum Gasteiger partial charge on any atom is -0.473 e. The minimum absolute atomic E-state index is 0.0504. The summed E-state index contributed by atoms with van der Waals surface area (Å²) in [6, 6.07) is 20.8. The van der Waals surface area contributed by atoms with Crippen molar-refractivity contribution in [2.24, 2.45) is 5.92 Å². The van der Waals surface area contributed by atoms with Crippen LogP contribution < -0.4 is 0 Å². The maximum Gasteiger partial charge on any atom is 0.414 e. The summed E-state index contributed by atoms with van der Waals surface area (Å²) in [7, 11) is 1.41. The van der Waals surface area contributed by atoms with Crippen LogP contribution >= 0.6 is 22.6 Å². The molecule has 8 nitrogen and oxygen atoms in total. The van der Waals surface area contributed by atoms with E-state index in [1.54, 1.807) is 6.08 Å². The number of carboxylic acid groups (broad SMARTS) is 2. The van der Waals surface area contributed by atoms with Crippen LogP contribution in [0.4, 0.5) is 0 Å². The van der Waals surface area contributed by atoms with Gasteiger partial charge in [-0.25, -0.2) is 14.4 Å². The zero-order valence-electron chi connectivity index (χ0n) is 19.5. The smallest absolute Gasteiger partial charge is 0.414 e. The molecule has 9 heteroatoms. The Morgan fingerprint density at radius 2 is 1.57 bits per heavy atom. The highest BCUT2D eigenvalue weighted by Gasteiger charge is 2.25. The van der Waals surface area contributed by atoms with E-state index in [0.717, 1.165) is 25.9 Å². The molecule has 0 radical (unpaired) electrons. The Morgan fingerprint density at radius 3 is 2.03 bits per heavy atom. The van der Waals surface area contributed by atoms with Crippen molar-refractivity contribution in [3.05, 3.63) is 83.9 Å². The van der Waals surface area contributed by atoms with Gasteiger partial charge in [-0.05, 0) is 36.4 Å². The Morgan fingerprint density at radius 1 is 1.03 bits per heavy atom. The monoisotopic (exact) mass is 595 g/mol. The van der Waals surface area contributed by atoms with Gasteiger partial charge in [0.1, 0.15) is 6.10 Å². The predicted molar refractivity (Wildman–Crippen MR) is 139 cm³/mol. The SMILES string of the molecule is COC(=O)C=CC1CCN(CCOC(c2ccccc2)c2ccccc2)C(I)C1.O=C(O)C(=O)O. The lowest BCUT2D eigenvalue weighted by molar-refractivity contribution is -0.159. The van der Waals surface area contributed by atoms with Crippen LogP contribution in [0.2, 0.25) is 0 Å². The number of allylic oxidation sites excluding steroid dienone is 1. The molecule has 1 heterocycles. The lowest BCUT2D eigenvalue weighted by Crippen LogP contribution is -2.40. The molecule has 0 spiro atoms. The van der Waals surface area contributed by atoms with Gasteiger partial charge in [-0.2, -0.15) is 0 Å². The van der Waals surface area contributed by atoms with Crippen molar-refractivity contribution in [2.45, 2.75) is 23.0 Å². The Labute approximate surface area is 218 Å². The fraction of sp³-hybridized carbons (Fsp3) is 0.346. The van der Waals surface area contributed by atoms with Gasteiger partial charge in [0.25, 0.3) is 0 Å². The summed E-state index contributed by atoms with van der Waals surface area (Å²) >= 11 is 2.50. The first-order valence-corrected chi connectivity index (χ1v) is 12.4. The number of hydrogen-bond donors (Lipinski definition) is 2. The molecule has 35 heavy (non-hydrogen) atoms. The zero-order valence-corrected chi connectivity index (χ0v) is 21.6. The van der Waals surface area contributed by atoms with Gasteiger partial charge in [0, 0.05) is 12.6 Å². The lowest BCUT2D eigenvalue weighted by atomic mass is 9.96. The lowest BCUT2D eigenvalue weighted by Gasteiger charge is -2.35. The van der Waals surface area contributed by atoms with Gasteiger partial charge >= 0.3 is 17.9 Å². The van der Waals surface area contributed by atoms with Crippen molar-refractivity contribution >= 4 is 40.5 Å². The van der Waals surface area contributed by atoms with E-state index in [4.69, 9.17) is 24.5 Å². The molecule has 1 fully saturated rings. The number of halogens is 1. The van der Waals surface area contributed by atoms with E-state index < -0.39 is 11.9 Å². The van der Waals surface area contributed by atoms with Crippen LogP contribution in [0.25, 0.3) is 0 Å². The molecule has 0 amide bonds. The van der Waals surface area contributed by atoms with E-state index >= 15 is 0 Å². The summed E-state index contributed by atoms with van der Waals surface area (Å²) < 4.78 is 11.5. The second kappa shape index (κ2) is 15.3. The molecule has 2 N–H and O–H groups in total. The van der Waals surface area contributed by atoms with Crippen molar-refractivity contribution in [3.63, 3.8) is 0 Å². The van der Waals surface area contributed by atoms with E-state index in [-0.39, 0.29) is 12.1 Å². The van der Waals surface area contributed by atoms with Crippen LogP contribution in [0, 0.1) is 5.92 Å². The molecule has 1 saturated heterocycles. The van der Waals surface area contributed by atoms with E-state index in [9.17, 15) is 4.79 Å². The summed E-state index contributed by atoms with van der Waals surface area (Å²) in [4.78, 5) is 32.0. The third-order valence-corrected chi connectivity index (χ3v) is 6.73. The Kier molecular flexibility index (Phi) is 12.4. The number of methoxy groups -OCH3 is 1. The van der Waals surface area contributed by atoms with Crippen LogP contribution in [-0.2, 0) is 23.9 Å². The highest BCUT2D eigenvalue weighted by atomic mass is 127. The molecular formula is C26H30INO7. The molecule has 1 aliphatic rings. The summed E-state index contributed by atoms with van der Waals surface area (Å²) in [6.07, 6.45) is 5.58. The summed E-state index contributed by atoms with van der Waals surface area (Å²) in [5.74, 6) is -3.50. The van der Waals surface area contributed by atoms with Crippen LogP contribution in [0.1, 0.15) is 30.1 Å². The number of piperidine rings is 1. The van der Waals surface area contributed by atoms with Crippen molar-refractivity contribution in [1.29, 1.82) is 0 Å². The first kappa shape index (κ1) is 28.5. The highest BCUT2D eigenvalue weighted by Crippen LogP contribution is 2.29. The topological polar surface area (TPSA) is 113 Å². The van der Waals surface area contributed by atoms with Gasteiger partial charge < -0.3 is 19.7 Å². The third kappa shape index (κ3) is 10.2. The number of likely N-dealkylation sites (tertiary alicyclic amines) is 1. The van der Waals surface area contributed by atoms with Crippen LogP contribution in [0.5, 0.6) is 0 Å². The Bertz CT molecular complexity index is 917. The van der Waals surface area contributed by atoms with Crippen molar-refractivity contribution < 1.29 is 34.1 Å². The molecule has 0 saturated carbocycles. The molecule has 2 atom stereocenters. The summed E-state index contributed by atoms with van der Waals surface area (Å²) in [5, 5.41) is 14.8. The van der Waals surface area contributed by atoms with Crippen LogP contribution in [0.15, 0.2) is 72.8 Å². The number of ether oxygens (including phenoxy) is 2. The average Bonchev–Trinajstić information content (AvgIpc) is 2.87. The van der Waals surface area contributed by atoms with E-state index in [2.05, 4.69) is 80.8 Å². The fourth-order valence-corrected chi connectivity index (χ4v) is 4.84. The number of rotatable bonds is 8. The molecule has 1 aliphatic heterocycles. The molecular weight excluding hydrogens is 565 g/mol. The maximum absolute atomic E-state index is 11.3. The predicted octanol–water partition coefficient (Wildman–Crippen LogP) is 4.15. The van der Waals surface area contributed by atoms with E-state index in [1.165, 1.54) is 18.2 Å². The van der Waals surface area contributed by atoms with Crippen molar-refractivity contribution in [3.8, 4) is 0 Å². The average molecular weight is 595 g/mol. The van der Waals surface area contributed by atoms with Gasteiger partial charge in [-0.3, -0.25) is 4.90 Å². The number of nitrogens with zero attached hydrogens (tertiary/aromatic N) is 1. The normalized spacial score (nSPS) is 18.0. The molecule has 2 aromatic rings. The number of esters is 1. The first-order chi connectivity index (χ1) is 16.8. The van der Waals surface area contributed by atoms with Gasteiger partial charge in [0.05, 0.1) is 17.8 Å².